The van der Waals surface area contributed by atoms with Gasteiger partial charge in [0, 0.05) is 12.7 Å². The fourth-order valence-electron chi connectivity index (χ4n) is 0.479. The second kappa shape index (κ2) is 3.53. The highest BCUT2D eigenvalue weighted by molar-refractivity contribution is 5.05. The molecule has 0 aliphatic heterocycles. The summed E-state index contributed by atoms with van der Waals surface area (Å²) in [6.07, 6.45) is 1.15. The van der Waals surface area contributed by atoms with E-state index in [1.807, 2.05) is 7.05 Å². The summed E-state index contributed by atoms with van der Waals surface area (Å²) in [4.78, 5) is 0. The van der Waals surface area contributed by atoms with Crippen molar-refractivity contribution < 1.29 is 0 Å². The molecular formula is C7H15N. The molecule has 0 aromatic rings. The average molecular weight is 113 g/mol. The monoisotopic (exact) mass is 113 g/mol. The van der Waals surface area contributed by atoms with Gasteiger partial charge in [0.1, 0.15) is 0 Å². The Hall–Kier alpha value is -0.460. The zero-order chi connectivity index (χ0) is 6.57. The lowest BCUT2D eigenvalue weighted by molar-refractivity contribution is 0.921. The normalized spacial score (nSPS) is 13.0. The van der Waals surface area contributed by atoms with E-state index in [4.69, 9.17) is 0 Å². The Morgan fingerprint density at radius 2 is 1.88 bits per heavy atom. The smallest absolute Gasteiger partial charge is 0.00614 e. The Kier molecular flexibility index (Phi) is 3.33. The van der Waals surface area contributed by atoms with E-state index in [-0.39, 0.29) is 0 Å². The van der Waals surface area contributed by atoms with Crippen molar-refractivity contribution in [1.82, 2.24) is 5.32 Å². The summed E-state index contributed by atoms with van der Waals surface area (Å²) in [7, 11) is 1.95. The minimum absolute atomic E-state index is 1.15. The van der Waals surface area contributed by atoms with Crippen LogP contribution in [0.15, 0.2) is 11.3 Å². The molecule has 0 radical (unpaired) electrons. The first-order chi connectivity index (χ1) is 3.72. The molecule has 0 unspecified atom stereocenters. The summed E-state index contributed by atoms with van der Waals surface area (Å²) < 4.78 is 0. The molecular weight excluding hydrogens is 98.1 g/mol. The topological polar surface area (TPSA) is 12.0 Å². The molecule has 0 aliphatic rings. The predicted octanol–water partition coefficient (Wildman–Crippen LogP) is 1.91. The van der Waals surface area contributed by atoms with Crippen LogP contribution < -0.4 is 5.32 Å². The third-order valence-electron chi connectivity index (χ3n) is 1.55. The summed E-state index contributed by atoms with van der Waals surface area (Å²) in [5.41, 5.74) is 2.74. The Morgan fingerprint density at radius 3 is 2.00 bits per heavy atom. The third kappa shape index (κ3) is 2.01. The third-order valence-corrected chi connectivity index (χ3v) is 1.55. The van der Waals surface area contributed by atoms with E-state index < -0.39 is 0 Å². The maximum Gasteiger partial charge on any atom is 0.00614 e. The molecule has 48 valence electrons. The van der Waals surface area contributed by atoms with Gasteiger partial charge in [0.15, 0.2) is 0 Å². The minimum atomic E-state index is 1.15. The van der Waals surface area contributed by atoms with Crippen LogP contribution in [0, 0.1) is 0 Å². The molecule has 0 saturated carbocycles. The van der Waals surface area contributed by atoms with Gasteiger partial charge in [-0.3, -0.25) is 0 Å². The van der Waals surface area contributed by atoms with E-state index in [1.54, 1.807) is 0 Å². The standard InChI is InChI=1S/C7H15N/c1-5-6(2)7(3)8-4/h8H,5H2,1-4H3/b7-6-. The lowest BCUT2D eigenvalue weighted by Gasteiger charge is -2.02. The van der Waals surface area contributed by atoms with Gasteiger partial charge in [0.05, 0.1) is 0 Å². The van der Waals surface area contributed by atoms with Gasteiger partial charge in [0.2, 0.25) is 0 Å². The summed E-state index contributed by atoms with van der Waals surface area (Å²) in [5, 5.41) is 3.10. The van der Waals surface area contributed by atoms with E-state index in [1.165, 1.54) is 11.3 Å². The Balaban J connectivity index is 3.83. The van der Waals surface area contributed by atoms with Crippen molar-refractivity contribution in [2.24, 2.45) is 0 Å². The van der Waals surface area contributed by atoms with Crippen LogP contribution in [0.5, 0.6) is 0 Å². The molecule has 8 heavy (non-hydrogen) atoms. The minimum Gasteiger partial charge on any atom is -0.392 e. The Bertz CT molecular complexity index is 80.6. The number of rotatable bonds is 2. The molecule has 0 rings (SSSR count). The van der Waals surface area contributed by atoms with Crippen LogP contribution in [-0.4, -0.2) is 7.05 Å². The van der Waals surface area contributed by atoms with Crippen molar-refractivity contribution in [2.45, 2.75) is 27.2 Å². The van der Waals surface area contributed by atoms with Crippen molar-refractivity contribution in [3.05, 3.63) is 11.3 Å². The zero-order valence-electron chi connectivity index (χ0n) is 6.21. The van der Waals surface area contributed by atoms with Gasteiger partial charge in [-0.2, -0.15) is 0 Å². The van der Waals surface area contributed by atoms with Gasteiger partial charge in [-0.15, -0.1) is 0 Å². The molecule has 0 spiro atoms. The molecule has 0 atom stereocenters. The van der Waals surface area contributed by atoms with Crippen molar-refractivity contribution in [1.29, 1.82) is 0 Å². The number of hydrogen-bond donors (Lipinski definition) is 1. The highest BCUT2D eigenvalue weighted by Crippen LogP contribution is 2.01. The van der Waals surface area contributed by atoms with Gasteiger partial charge < -0.3 is 5.32 Å². The first kappa shape index (κ1) is 7.54. The summed E-state index contributed by atoms with van der Waals surface area (Å²) in [5.74, 6) is 0. The maximum atomic E-state index is 3.10. The second-order valence-corrected chi connectivity index (χ2v) is 2.01. The zero-order valence-corrected chi connectivity index (χ0v) is 6.21. The van der Waals surface area contributed by atoms with Gasteiger partial charge in [-0.25, -0.2) is 0 Å². The lowest BCUT2D eigenvalue weighted by atomic mass is 10.2. The summed E-state index contributed by atoms with van der Waals surface area (Å²) in [6, 6.07) is 0. The largest absolute Gasteiger partial charge is 0.392 e. The van der Waals surface area contributed by atoms with Gasteiger partial charge >= 0.3 is 0 Å². The van der Waals surface area contributed by atoms with Crippen molar-refractivity contribution >= 4 is 0 Å². The van der Waals surface area contributed by atoms with Crippen LogP contribution in [-0.2, 0) is 0 Å². The molecule has 0 fully saturated rings. The fourth-order valence-corrected chi connectivity index (χ4v) is 0.479. The van der Waals surface area contributed by atoms with E-state index >= 15 is 0 Å². The molecule has 0 aliphatic carbocycles. The summed E-state index contributed by atoms with van der Waals surface area (Å²) >= 11 is 0. The van der Waals surface area contributed by atoms with Gasteiger partial charge in [-0.05, 0) is 20.3 Å². The maximum absolute atomic E-state index is 3.10. The van der Waals surface area contributed by atoms with E-state index in [2.05, 4.69) is 26.1 Å². The van der Waals surface area contributed by atoms with Crippen LogP contribution in [0.2, 0.25) is 0 Å². The Labute approximate surface area is 51.8 Å². The van der Waals surface area contributed by atoms with Crippen molar-refractivity contribution in [2.75, 3.05) is 7.05 Å². The predicted molar refractivity (Wildman–Crippen MR) is 37.7 cm³/mol. The SMILES string of the molecule is CC/C(C)=C(/C)NC. The van der Waals surface area contributed by atoms with Crippen LogP contribution in [0.3, 0.4) is 0 Å². The molecule has 0 aromatic heterocycles. The molecule has 1 N–H and O–H groups in total. The number of nitrogens with one attached hydrogen (secondary N) is 1. The lowest BCUT2D eigenvalue weighted by Crippen LogP contribution is -2.03. The number of allylic oxidation sites excluding steroid dienone is 2. The highest BCUT2D eigenvalue weighted by atomic mass is 14.8. The van der Waals surface area contributed by atoms with E-state index in [9.17, 15) is 0 Å². The van der Waals surface area contributed by atoms with E-state index in [0.29, 0.717) is 0 Å². The Morgan fingerprint density at radius 1 is 1.38 bits per heavy atom. The molecule has 0 bridgehead atoms. The molecule has 0 amide bonds. The summed E-state index contributed by atoms with van der Waals surface area (Å²) in [6.45, 7) is 6.40. The van der Waals surface area contributed by atoms with Gasteiger partial charge in [0.25, 0.3) is 0 Å². The van der Waals surface area contributed by atoms with Crippen LogP contribution in [0.1, 0.15) is 27.2 Å². The van der Waals surface area contributed by atoms with Crippen LogP contribution >= 0.6 is 0 Å². The second-order valence-electron chi connectivity index (χ2n) is 2.01. The first-order valence-electron chi connectivity index (χ1n) is 3.06. The fraction of sp³-hybridized carbons (Fsp3) is 0.714. The average Bonchev–Trinajstić information content (AvgIpc) is 1.84. The van der Waals surface area contributed by atoms with Crippen molar-refractivity contribution in [3.63, 3.8) is 0 Å². The molecule has 1 nitrogen and oxygen atoms in total. The first-order valence-corrected chi connectivity index (χ1v) is 3.06. The molecule has 0 saturated heterocycles. The molecule has 0 heterocycles. The number of hydrogen-bond acceptors (Lipinski definition) is 1. The molecule has 1 heteroatoms. The van der Waals surface area contributed by atoms with Gasteiger partial charge in [-0.1, -0.05) is 12.5 Å². The van der Waals surface area contributed by atoms with E-state index in [0.717, 1.165) is 6.42 Å². The van der Waals surface area contributed by atoms with Crippen LogP contribution in [0.25, 0.3) is 0 Å². The quantitative estimate of drug-likeness (QED) is 0.576. The van der Waals surface area contributed by atoms with Crippen LogP contribution in [0.4, 0.5) is 0 Å². The molecule has 0 aromatic carbocycles. The highest BCUT2D eigenvalue weighted by Gasteiger charge is 1.87. The van der Waals surface area contributed by atoms with Crippen molar-refractivity contribution in [3.8, 4) is 0 Å².